The van der Waals surface area contributed by atoms with Crippen LogP contribution in [0.15, 0.2) is 18.2 Å². The van der Waals surface area contributed by atoms with Gasteiger partial charge in [0.15, 0.2) is 0 Å². The van der Waals surface area contributed by atoms with Gasteiger partial charge < -0.3 is 10.2 Å². The maximum absolute atomic E-state index is 12.3. The van der Waals surface area contributed by atoms with Crippen LogP contribution in [0.2, 0.25) is 0 Å². The number of nitrogens with zero attached hydrogens (tertiary/aromatic N) is 1. The zero-order valence-electron chi connectivity index (χ0n) is 9.49. The van der Waals surface area contributed by atoms with E-state index in [1.807, 2.05) is 11.9 Å². The molecule has 3 rings (SSSR count). The molecule has 0 saturated carbocycles. The number of aryl methyl sites for hydroxylation is 1. The summed E-state index contributed by atoms with van der Waals surface area (Å²) in [6.07, 6.45) is 2.91. The Morgan fingerprint density at radius 3 is 2.81 bits per heavy atom. The minimum Gasteiger partial charge on any atom is -0.310 e. The molecule has 0 bridgehead atoms. The number of para-hydroxylation sites is 1. The van der Waals surface area contributed by atoms with Crippen molar-refractivity contribution in [3.63, 3.8) is 0 Å². The predicted octanol–water partition coefficient (Wildman–Crippen LogP) is 1.11. The number of rotatable bonds is 1. The van der Waals surface area contributed by atoms with Gasteiger partial charge in [-0.25, -0.2) is 0 Å². The Hall–Kier alpha value is -1.35. The average molecular weight is 216 g/mol. The highest BCUT2D eigenvalue weighted by molar-refractivity contribution is 6.00. The summed E-state index contributed by atoms with van der Waals surface area (Å²) in [5.74, 6) is 0.242. The molecular formula is C13H16N2O. The highest BCUT2D eigenvalue weighted by atomic mass is 16.2. The highest BCUT2D eigenvalue weighted by Gasteiger charge is 2.33. The standard InChI is InChI=1S/C13H16N2O/c1-14-11-6-5-9-3-2-4-10-7-8-15(12(9)10)13(11)16/h2-4,11,14H,5-8H2,1H3/t11-/m0/s1. The molecule has 1 amide bonds. The first kappa shape index (κ1) is 9.85. The zero-order chi connectivity index (χ0) is 11.1. The largest absolute Gasteiger partial charge is 0.310 e. The molecule has 2 aliphatic heterocycles. The van der Waals surface area contributed by atoms with Gasteiger partial charge in [0.2, 0.25) is 5.91 Å². The van der Waals surface area contributed by atoms with Gasteiger partial charge in [0.25, 0.3) is 0 Å². The van der Waals surface area contributed by atoms with Gasteiger partial charge >= 0.3 is 0 Å². The first-order chi connectivity index (χ1) is 7.81. The van der Waals surface area contributed by atoms with Crippen LogP contribution >= 0.6 is 0 Å². The van der Waals surface area contributed by atoms with Crippen molar-refractivity contribution in [2.75, 3.05) is 18.5 Å². The van der Waals surface area contributed by atoms with Crippen LogP contribution in [-0.4, -0.2) is 25.5 Å². The van der Waals surface area contributed by atoms with Gasteiger partial charge in [-0.2, -0.15) is 0 Å². The summed E-state index contributed by atoms with van der Waals surface area (Å²) in [5.41, 5.74) is 3.87. The van der Waals surface area contributed by atoms with E-state index in [0.29, 0.717) is 0 Å². The summed E-state index contributed by atoms with van der Waals surface area (Å²) in [7, 11) is 1.87. The Bertz CT molecular complexity index is 442. The molecule has 1 aromatic carbocycles. The number of likely N-dealkylation sites (N-methyl/N-ethyl adjacent to an activating group) is 1. The lowest BCUT2D eigenvalue weighted by atomic mass is 10.0. The van der Waals surface area contributed by atoms with Gasteiger partial charge in [-0.1, -0.05) is 18.2 Å². The van der Waals surface area contributed by atoms with Crippen molar-refractivity contribution in [2.45, 2.75) is 25.3 Å². The van der Waals surface area contributed by atoms with E-state index < -0.39 is 0 Å². The van der Waals surface area contributed by atoms with Gasteiger partial charge in [0, 0.05) is 6.54 Å². The molecule has 0 aromatic heterocycles. The van der Waals surface area contributed by atoms with Crippen molar-refractivity contribution >= 4 is 11.6 Å². The van der Waals surface area contributed by atoms with Crippen molar-refractivity contribution in [2.24, 2.45) is 0 Å². The molecule has 84 valence electrons. The fraction of sp³-hybridized carbons (Fsp3) is 0.462. The van der Waals surface area contributed by atoms with Crippen LogP contribution in [0.5, 0.6) is 0 Å². The van der Waals surface area contributed by atoms with Gasteiger partial charge in [-0.3, -0.25) is 4.79 Å². The van der Waals surface area contributed by atoms with Crippen molar-refractivity contribution in [3.05, 3.63) is 29.3 Å². The molecule has 2 heterocycles. The molecule has 3 nitrogen and oxygen atoms in total. The van der Waals surface area contributed by atoms with Crippen LogP contribution in [0, 0.1) is 0 Å². The van der Waals surface area contributed by atoms with Crippen LogP contribution in [0.3, 0.4) is 0 Å². The molecule has 1 N–H and O–H groups in total. The number of hydrogen-bond donors (Lipinski definition) is 1. The fourth-order valence-corrected chi connectivity index (χ4v) is 2.84. The Morgan fingerprint density at radius 2 is 2.06 bits per heavy atom. The third-order valence-corrected chi connectivity index (χ3v) is 3.69. The van der Waals surface area contributed by atoms with Crippen LogP contribution in [-0.2, 0) is 17.6 Å². The number of hydrogen-bond acceptors (Lipinski definition) is 2. The quantitative estimate of drug-likeness (QED) is 0.762. The number of benzene rings is 1. The molecule has 16 heavy (non-hydrogen) atoms. The van der Waals surface area contributed by atoms with Crippen molar-refractivity contribution < 1.29 is 4.79 Å². The van der Waals surface area contributed by atoms with Gasteiger partial charge in [0.1, 0.15) is 0 Å². The van der Waals surface area contributed by atoms with E-state index in [1.54, 1.807) is 0 Å². The highest BCUT2D eigenvalue weighted by Crippen LogP contribution is 2.35. The summed E-state index contributed by atoms with van der Waals surface area (Å²) in [4.78, 5) is 14.2. The first-order valence-corrected chi connectivity index (χ1v) is 5.90. The first-order valence-electron chi connectivity index (χ1n) is 5.90. The van der Waals surface area contributed by atoms with Crippen LogP contribution in [0.25, 0.3) is 0 Å². The Kier molecular flexibility index (Phi) is 2.21. The number of anilines is 1. The normalized spacial score (nSPS) is 23.2. The Labute approximate surface area is 95.4 Å². The van der Waals surface area contributed by atoms with E-state index >= 15 is 0 Å². The predicted molar refractivity (Wildman–Crippen MR) is 63.7 cm³/mol. The lowest BCUT2D eigenvalue weighted by Crippen LogP contribution is -2.43. The number of amides is 1. The molecule has 3 heteroatoms. The molecular weight excluding hydrogens is 200 g/mol. The summed E-state index contributed by atoms with van der Waals surface area (Å²) < 4.78 is 0. The minimum absolute atomic E-state index is 0.0154. The second kappa shape index (κ2) is 3.59. The average Bonchev–Trinajstić information content (AvgIpc) is 2.67. The third-order valence-electron chi connectivity index (χ3n) is 3.69. The van der Waals surface area contributed by atoms with Gasteiger partial charge in [0.05, 0.1) is 11.7 Å². The van der Waals surface area contributed by atoms with Gasteiger partial charge in [-0.05, 0) is 37.4 Å². The molecule has 0 unspecified atom stereocenters. The molecule has 0 saturated heterocycles. The molecule has 0 aliphatic carbocycles. The van der Waals surface area contributed by atoms with Gasteiger partial charge in [-0.15, -0.1) is 0 Å². The van der Waals surface area contributed by atoms with Crippen LogP contribution in [0.1, 0.15) is 17.5 Å². The molecule has 0 radical (unpaired) electrons. The van der Waals surface area contributed by atoms with Crippen LogP contribution < -0.4 is 10.2 Å². The summed E-state index contributed by atoms with van der Waals surface area (Å²) >= 11 is 0. The smallest absolute Gasteiger partial charge is 0.244 e. The fourth-order valence-electron chi connectivity index (χ4n) is 2.84. The summed E-state index contributed by atoms with van der Waals surface area (Å²) in [6.45, 7) is 0.851. The molecule has 1 atom stereocenters. The van der Waals surface area contributed by atoms with E-state index in [-0.39, 0.29) is 11.9 Å². The van der Waals surface area contributed by atoms with Crippen molar-refractivity contribution in [3.8, 4) is 0 Å². The van der Waals surface area contributed by atoms with Crippen LogP contribution in [0.4, 0.5) is 5.69 Å². The molecule has 0 spiro atoms. The summed E-state index contributed by atoms with van der Waals surface area (Å²) in [5, 5.41) is 3.12. The lowest BCUT2D eigenvalue weighted by Gasteiger charge is -2.20. The number of carbonyl (C=O) groups is 1. The van der Waals surface area contributed by atoms with E-state index in [0.717, 1.165) is 25.8 Å². The zero-order valence-corrected chi connectivity index (χ0v) is 9.49. The molecule has 0 fully saturated rings. The Balaban J connectivity index is 2.10. The SMILES string of the molecule is CN[C@H]1CCc2cccc3c2N(CC3)C1=O. The number of carbonyl (C=O) groups excluding carboxylic acids is 1. The third kappa shape index (κ3) is 1.28. The maximum Gasteiger partial charge on any atom is 0.244 e. The topological polar surface area (TPSA) is 32.3 Å². The van der Waals surface area contributed by atoms with E-state index in [1.165, 1.54) is 16.8 Å². The van der Waals surface area contributed by atoms with E-state index in [2.05, 4.69) is 23.5 Å². The van der Waals surface area contributed by atoms with Crippen molar-refractivity contribution in [1.29, 1.82) is 0 Å². The lowest BCUT2D eigenvalue weighted by molar-refractivity contribution is -0.120. The molecule has 2 aliphatic rings. The molecule has 1 aromatic rings. The monoisotopic (exact) mass is 216 g/mol. The van der Waals surface area contributed by atoms with E-state index in [4.69, 9.17) is 0 Å². The second-order valence-corrected chi connectivity index (χ2v) is 4.54. The number of nitrogens with one attached hydrogen (secondary N) is 1. The second-order valence-electron chi connectivity index (χ2n) is 4.54. The maximum atomic E-state index is 12.3. The van der Waals surface area contributed by atoms with Crippen molar-refractivity contribution in [1.82, 2.24) is 5.32 Å². The summed E-state index contributed by atoms with van der Waals surface area (Å²) in [6, 6.07) is 6.40. The Morgan fingerprint density at radius 1 is 1.31 bits per heavy atom. The minimum atomic E-state index is -0.0154. The van der Waals surface area contributed by atoms with E-state index in [9.17, 15) is 4.79 Å².